The molecule has 0 aromatic heterocycles. The zero-order valence-electron chi connectivity index (χ0n) is 16.0. The summed E-state index contributed by atoms with van der Waals surface area (Å²) in [6.07, 6.45) is 1.54. The number of carbonyl (C=O) groups excluding carboxylic acids is 1. The van der Waals surface area contributed by atoms with E-state index >= 15 is 0 Å². The van der Waals surface area contributed by atoms with Crippen molar-refractivity contribution < 1.29 is 19.2 Å². The molecule has 4 rings (SSSR count). The van der Waals surface area contributed by atoms with Crippen molar-refractivity contribution >= 4 is 35.2 Å². The summed E-state index contributed by atoms with van der Waals surface area (Å²) in [4.78, 5) is 27.0. The number of halogens is 1. The van der Waals surface area contributed by atoms with Gasteiger partial charge in [-0.1, -0.05) is 60.1 Å². The number of hydrogen-bond acceptors (Lipinski definition) is 6. The number of esters is 1. The van der Waals surface area contributed by atoms with Gasteiger partial charge in [0, 0.05) is 17.7 Å². The number of non-ortho nitro benzene ring substituents is 1. The molecule has 8 heteroatoms. The molecule has 154 valence electrons. The molecule has 1 aliphatic rings. The van der Waals surface area contributed by atoms with Crippen molar-refractivity contribution in [3.63, 3.8) is 0 Å². The molecule has 1 aliphatic heterocycles. The van der Waals surface area contributed by atoms with Gasteiger partial charge < -0.3 is 9.47 Å². The van der Waals surface area contributed by atoms with Crippen LogP contribution in [0.4, 0.5) is 5.69 Å². The number of ether oxygens (including phenoxy) is 2. The van der Waals surface area contributed by atoms with Crippen molar-refractivity contribution in [1.29, 1.82) is 0 Å². The van der Waals surface area contributed by atoms with Crippen LogP contribution in [0.25, 0.3) is 6.08 Å². The lowest BCUT2D eigenvalue weighted by molar-refractivity contribution is -0.384. The zero-order valence-corrected chi connectivity index (χ0v) is 16.8. The van der Waals surface area contributed by atoms with Gasteiger partial charge in [0.15, 0.2) is 5.70 Å². The van der Waals surface area contributed by atoms with E-state index in [1.165, 1.54) is 18.2 Å². The Bertz CT molecular complexity index is 1220. The van der Waals surface area contributed by atoms with Crippen molar-refractivity contribution in [2.45, 2.75) is 6.61 Å². The fraction of sp³-hybridized carbons (Fsp3) is 0.0435. The van der Waals surface area contributed by atoms with E-state index in [0.717, 1.165) is 5.56 Å². The molecule has 3 aromatic rings. The molecule has 0 unspecified atom stereocenters. The number of hydrogen-bond donors (Lipinski definition) is 0. The highest BCUT2D eigenvalue weighted by molar-refractivity contribution is 6.34. The van der Waals surface area contributed by atoms with Crippen LogP contribution in [0, 0.1) is 10.1 Å². The summed E-state index contributed by atoms with van der Waals surface area (Å²) in [5, 5.41) is 11.2. The number of carbonyl (C=O) groups is 1. The van der Waals surface area contributed by atoms with Crippen molar-refractivity contribution in [3.8, 4) is 5.75 Å². The van der Waals surface area contributed by atoms with Gasteiger partial charge in [0.25, 0.3) is 5.69 Å². The molecule has 0 aliphatic carbocycles. The van der Waals surface area contributed by atoms with E-state index in [9.17, 15) is 14.9 Å². The van der Waals surface area contributed by atoms with E-state index in [1.807, 2.05) is 42.5 Å². The number of nitrogens with zero attached hydrogens (tertiary/aromatic N) is 2. The van der Waals surface area contributed by atoms with Gasteiger partial charge in [0.2, 0.25) is 5.90 Å². The molecule has 0 atom stereocenters. The van der Waals surface area contributed by atoms with E-state index < -0.39 is 10.9 Å². The first-order chi connectivity index (χ1) is 15.0. The lowest BCUT2D eigenvalue weighted by Gasteiger charge is -2.09. The average molecular weight is 435 g/mol. The second-order valence-corrected chi connectivity index (χ2v) is 6.98. The minimum atomic E-state index is -0.685. The minimum absolute atomic E-state index is 0.0355. The Balaban J connectivity index is 1.62. The molecule has 7 nitrogen and oxygen atoms in total. The summed E-state index contributed by atoms with van der Waals surface area (Å²) in [5.74, 6) is -0.202. The number of benzene rings is 3. The number of para-hydroxylation sites is 1. The number of cyclic esters (lactones) is 1. The predicted molar refractivity (Wildman–Crippen MR) is 116 cm³/mol. The Labute approximate surface area is 182 Å². The van der Waals surface area contributed by atoms with Crippen LogP contribution in [-0.4, -0.2) is 16.8 Å². The third-order valence-corrected chi connectivity index (χ3v) is 4.79. The maximum Gasteiger partial charge on any atom is 0.363 e. The van der Waals surface area contributed by atoms with Crippen LogP contribution in [-0.2, 0) is 16.1 Å². The van der Waals surface area contributed by atoms with E-state index in [0.29, 0.717) is 17.9 Å². The molecular weight excluding hydrogens is 420 g/mol. The summed E-state index contributed by atoms with van der Waals surface area (Å²) in [5.41, 5.74) is 1.66. The Morgan fingerprint density at radius 3 is 2.58 bits per heavy atom. The monoisotopic (exact) mass is 434 g/mol. The van der Waals surface area contributed by atoms with Crippen LogP contribution in [0.1, 0.15) is 16.7 Å². The summed E-state index contributed by atoms with van der Waals surface area (Å²) in [7, 11) is 0. The number of rotatable bonds is 6. The first kappa shape index (κ1) is 20.3. The maximum absolute atomic E-state index is 12.4. The number of nitro groups is 1. The minimum Gasteiger partial charge on any atom is -0.488 e. The molecule has 3 aromatic carbocycles. The normalized spacial score (nSPS) is 14.3. The van der Waals surface area contributed by atoms with Crippen LogP contribution in [0.3, 0.4) is 0 Å². The third-order valence-electron chi connectivity index (χ3n) is 4.46. The Hall–Kier alpha value is -3.97. The molecule has 0 bridgehead atoms. The first-order valence-corrected chi connectivity index (χ1v) is 9.62. The second kappa shape index (κ2) is 8.81. The number of aliphatic imine (C=N–C) groups is 1. The fourth-order valence-corrected chi connectivity index (χ4v) is 3.13. The van der Waals surface area contributed by atoms with E-state index in [2.05, 4.69) is 4.99 Å². The quantitative estimate of drug-likeness (QED) is 0.231. The summed E-state index contributed by atoms with van der Waals surface area (Å²) in [6, 6.07) is 20.7. The summed E-state index contributed by atoms with van der Waals surface area (Å²) < 4.78 is 11.1. The molecule has 0 radical (unpaired) electrons. The van der Waals surface area contributed by atoms with E-state index in [1.54, 1.807) is 18.2 Å². The lowest BCUT2D eigenvalue weighted by atomic mass is 10.1. The largest absolute Gasteiger partial charge is 0.488 e. The maximum atomic E-state index is 12.4. The van der Waals surface area contributed by atoms with Crippen LogP contribution in [0.2, 0.25) is 5.02 Å². The molecule has 1 heterocycles. The summed E-state index contributed by atoms with van der Waals surface area (Å²) in [6.45, 7) is 0.364. The Kier molecular flexibility index (Phi) is 5.77. The standard InChI is InChI=1S/C23H15ClN2O5/c24-19-11-10-17(26(28)29)13-18(19)22-25-20(23(27)31-22)12-16-8-4-5-9-21(16)30-14-15-6-2-1-3-7-15/h1-13H,14H2/b20-12-. The molecule has 0 fully saturated rings. The molecule has 0 saturated carbocycles. The van der Waals surface area contributed by atoms with Crippen molar-refractivity contribution in [3.05, 3.63) is 110 Å². The lowest BCUT2D eigenvalue weighted by Crippen LogP contribution is -2.06. The van der Waals surface area contributed by atoms with Gasteiger partial charge in [-0.05, 0) is 23.8 Å². The van der Waals surface area contributed by atoms with Crippen molar-refractivity contribution in [1.82, 2.24) is 0 Å². The highest BCUT2D eigenvalue weighted by Crippen LogP contribution is 2.29. The van der Waals surface area contributed by atoms with Gasteiger partial charge in [0.05, 0.1) is 15.5 Å². The van der Waals surface area contributed by atoms with Gasteiger partial charge in [-0.3, -0.25) is 10.1 Å². The van der Waals surface area contributed by atoms with Crippen molar-refractivity contribution in [2.24, 2.45) is 4.99 Å². The van der Waals surface area contributed by atoms with Gasteiger partial charge in [-0.2, -0.15) is 0 Å². The molecule has 0 saturated heterocycles. The molecule has 0 amide bonds. The predicted octanol–water partition coefficient (Wildman–Crippen LogP) is 5.17. The molecule has 0 spiro atoms. The van der Waals surface area contributed by atoms with Gasteiger partial charge in [0.1, 0.15) is 12.4 Å². The fourth-order valence-electron chi connectivity index (χ4n) is 2.93. The van der Waals surface area contributed by atoms with Crippen LogP contribution in [0.15, 0.2) is 83.5 Å². The number of nitro benzene ring substituents is 1. The molecular formula is C23H15ClN2O5. The smallest absolute Gasteiger partial charge is 0.363 e. The highest BCUT2D eigenvalue weighted by Gasteiger charge is 2.27. The zero-order chi connectivity index (χ0) is 21.8. The van der Waals surface area contributed by atoms with Gasteiger partial charge in [-0.15, -0.1) is 0 Å². The average Bonchev–Trinajstić information content (AvgIpc) is 3.14. The van der Waals surface area contributed by atoms with E-state index in [4.69, 9.17) is 21.1 Å². The third kappa shape index (κ3) is 4.62. The van der Waals surface area contributed by atoms with Gasteiger partial charge >= 0.3 is 5.97 Å². The van der Waals surface area contributed by atoms with Crippen molar-refractivity contribution in [2.75, 3.05) is 0 Å². The Morgan fingerprint density at radius 2 is 1.81 bits per heavy atom. The summed E-state index contributed by atoms with van der Waals surface area (Å²) >= 11 is 6.13. The Morgan fingerprint density at radius 1 is 1.06 bits per heavy atom. The topological polar surface area (TPSA) is 91.0 Å². The second-order valence-electron chi connectivity index (χ2n) is 6.57. The van der Waals surface area contributed by atoms with Crippen LogP contribution < -0.4 is 4.74 Å². The van der Waals surface area contributed by atoms with Crippen LogP contribution in [0.5, 0.6) is 5.75 Å². The van der Waals surface area contributed by atoms with E-state index in [-0.39, 0.29) is 27.9 Å². The SMILES string of the molecule is O=C1OC(c2cc([N+](=O)[O-])ccc2Cl)=N/C1=C\c1ccccc1OCc1ccccc1. The highest BCUT2D eigenvalue weighted by atomic mass is 35.5. The molecule has 0 N–H and O–H groups in total. The van der Waals surface area contributed by atoms with Gasteiger partial charge in [-0.25, -0.2) is 9.79 Å². The molecule has 31 heavy (non-hydrogen) atoms. The first-order valence-electron chi connectivity index (χ1n) is 9.24. The van der Waals surface area contributed by atoms with Crippen LogP contribution >= 0.6 is 11.6 Å².